The maximum Gasteiger partial charge on any atom is 0.278 e. The number of hydrogen-bond donors (Lipinski definition) is 1. The first kappa shape index (κ1) is 11.3. The van der Waals surface area contributed by atoms with Gasteiger partial charge in [0.25, 0.3) is 11.3 Å². The lowest BCUT2D eigenvalue weighted by molar-refractivity contribution is 0.122. The summed E-state index contributed by atoms with van der Waals surface area (Å²) in [7, 11) is 0. The molecule has 4 heterocycles. The smallest absolute Gasteiger partial charge is 0.278 e. The van der Waals surface area contributed by atoms with Crippen molar-refractivity contribution in [3.05, 3.63) is 21.6 Å². The number of anilines is 1. The van der Waals surface area contributed by atoms with E-state index in [0.717, 1.165) is 35.9 Å². The van der Waals surface area contributed by atoms with E-state index >= 15 is 0 Å². The maximum absolute atomic E-state index is 12.3. The van der Waals surface area contributed by atoms with E-state index < -0.39 is 0 Å². The van der Waals surface area contributed by atoms with Gasteiger partial charge in [-0.05, 0) is 0 Å². The van der Waals surface area contributed by atoms with Crippen LogP contribution < -0.4 is 10.5 Å². The van der Waals surface area contributed by atoms with Crippen LogP contribution in [-0.4, -0.2) is 45.9 Å². The third-order valence-electron chi connectivity index (χ3n) is 3.46. The van der Waals surface area contributed by atoms with Crippen molar-refractivity contribution in [2.45, 2.75) is 11.5 Å². The molecular formula is C11H13N5O2S. The van der Waals surface area contributed by atoms with Crippen LogP contribution in [0.15, 0.2) is 4.79 Å². The van der Waals surface area contributed by atoms with Crippen LogP contribution in [0.3, 0.4) is 0 Å². The van der Waals surface area contributed by atoms with Gasteiger partial charge in [0.05, 0.1) is 24.5 Å². The van der Waals surface area contributed by atoms with Gasteiger partial charge in [-0.3, -0.25) is 9.89 Å². The number of fused-ring (bicyclic) bond motifs is 2. The highest BCUT2D eigenvalue weighted by atomic mass is 32.2. The summed E-state index contributed by atoms with van der Waals surface area (Å²) in [6.45, 7) is 2.94. The first-order valence-electron chi connectivity index (χ1n) is 6.24. The Kier molecular flexibility index (Phi) is 2.52. The second kappa shape index (κ2) is 4.24. The third-order valence-corrected chi connectivity index (χ3v) is 4.43. The number of thioether (sulfide) groups is 1. The van der Waals surface area contributed by atoms with Gasteiger partial charge >= 0.3 is 0 Å². The number of rotatable bonds is 1. The van der Waals surface area contributed by atoms with E-state index in [1.54, 1.807) is 11.8 Å². The van der Waals surface area contributed by atoms with Crippen LogP contribution in [0.4, 0.5) is 5.95 Å². The summed E-state index contributed by atoms with van der Waals surface area (Å²) in [6, 6.07) is 0. The standard InChI is InChI=1S/C11H13N5O2S/c17-9-7-5-19-6-8(7)12-10-13-11(14-16(9)10)15-1-3-18-4-2-15/h1-6H2,(H,12,13,14). The van der Waals surface area contributed by atoms with E-state index in [-0.39, 0.29) is 5.56 Å². The van der Waals surface area contributed by atoms with E-state index in [4.69, 9.17) is 4.74 Å². The minimum Gasteiger partial charge on any atom is -0.378 e. The predicted molar refractivity (Wildman–Crippen MR) is 71.6 cm³/mol. The van der Waals surface area contributed by atoms with Gasteiger partial charge in [-0.2, -0.15) is 21.3 Å². The summed E-state index contributed by atoms with van der Waals surface area (Å²) < 4.78 is 6.77. The van der Waals surface area contributed by atoms with E-state index in [2.05, 4.69) is 20.0 Å². The second-order valence-electron chi connectivity index (χ2n) is 4.62. The molecule has 2 aliphatic rings. The van der Waals surface area contributed by atoms with Crippen LogP contribution in [0, 0.1) is 0 Å². The molecule has 0 spiro atoms. The van der Waals surface area contributed by atoms with Gasteiger partial charge in [-0.25, -0.2) is 4.98 Å². The highest BCUT2D eigenvalue weighted by Gasteiger charge is 2.22. The molecule has 2 aliphatic heterocycles. The molecule has 0 radical (unpaired) electrons. The number of aromatic amines is 1. The van der Waals surface area contributed by atoms with Crippen molar-refractivity contribution in [2.24, 2.45) is 0 Å². The Balaban J connectivity index is 1.83. The molecule has 4 rings (SSSR count). The predicted octanol–water partition coefficient (Wildman–Crippen LogP) is 0.001000. The van der Waals surface area contributed by atoms with E-state index in [9.17, 15) is 4.79 Å². The largest absolute Gasteiger partial charge is 0.378 e. The van der Waals surface area contributed by atoms with E-state index in [1.807, 2.05) is 0 Å². The van der Waals surface area contributed by atoms with Crippen LogP contribution in [-0.2, 0) is 16.2 Å². The Hall–Kier alpha value is -1.54. The topological polar surface area (TPSA) is 75.5 Å². The molecule has 0 amide bonds. The number of H-pyrrole nitrogens is 1. The molecule has 1 fully saturated rings. The summed E-state index contributed by atoms with van der Waals surface area (Å²) >= 11 is 1.72. The van der Waals surface area contributed by atoms with Gasteiger partial charge in [0.1, 0.15) is 0 Å². The Morgan fingerprint density at radius 2 is 2.05 bits per heavy atom. The second-order valence-corrected chi connectivity index (χ2v) is 5.60. The number of ether oxygens (including phenoxy) is 1. The third kappa shape index (κ3) is 1.74. The van der Waals surface area contributed by atoms with Crippen LogP contribution >= 0.6 is 11.8 Å². The van der Waals surface area contributed by atoms with Gasteiger partial charge in [0.2, 0.25) is 5.95 Å². The van der Waals surface area contributed by atoms with Crippen molar-refractivity contribution in [3.63, 3.8) is 0 Å². The van der Waals surface area contributed by atoms with Gasteiger partial charge < -0.3 is 9.64 Å². The number of nitrogens with zero attached hydrogens (tertiary/aromatic N) is 4. The fraction of sp³-hybridized carbons (Fsp3) is 0.545. The summed E-state index contributed by atoms with van der Waals surface area (Å²) in [5, 5.41) is 3.05. The number of aromatic nitrogens is 4. The van der Waals surface area contributed by atoms with Crippen LogP contribution in [0.2, 0.25) is 0 Å². The minimum absolute atomic E-state index is 0.0167. The zero-order valence-electron chi connectivity index (χ0n) is 10.3. The van der Waals surface area contributed by atoms with Crippen molar-refractivity contribution >= 4 is 23.5 Å². The Bertz CT molecular complexity index is 688. The Morgan fingerprint density at radius 1 is 1.21 bits per heavy atom. The summed E-state index contributed by atoms with van der Waals surface area (Å²) in [5.41, 5.74) is 1.67. The van der Waals surface area contributed by atoms with Crippen molar-refractivity contribution in [2.75, 3.05) is 31.2 Å². The number of hydrogen-bond acceptors (Lipinski definition) is 6. The lowest BCUT2D eigenvalue weighted by Crippen LogP contribution is -2.37. The number of morpholine rings is 1. The quantitative estimate of drug-likeness (QED) is 0.792. The average Bonchev–Trinajstić information content (AvgIpc) is 3.06. The Morgan fingerprint density at radius 3 is 2.89 bits per heavy atom. The summed E-state index contributed by atoms with van der Waals surface area (Å²) in [6.07, 6.45) is 0. The fourth-order valence-corrected chi connectivity index (χ4v) is 3.44. The van der Waals surface area contributed by atoms with Gasteiger partial charge in [-0.1, -0.05) is 0 Å². The van der Waals surface area contributed by atoms with E-state index in [1.165, 1.54) is 4.52 Å². The number of nitrogens with one attached hydrogen (secondary N) is 1. The highest BCUT2D eigenvalue weighted by Crippen LogP contribution is 2.25. The molecule has 1 N–H and O–H groups in total. The monoisotopic (exact) mass is 279 g/mol. The summed E-state index contributed by atoms with van der Waals surface area (Å²) in [4.78, 5) is 23.3. The molecule has 0 bridgehead atoms. The van der Waals surface area contributed by atoms with E-state index in [0.29, 0.717) is 24.9 Å². The highest BCUT2D eigenvalue weighted by molar-refractivity contribution is 7.98. The molecule has 0 aliphatic carbocycles. The molecule has 2 aromatic rings. The summed E-state index contributed by atoms with van der Waals surface area (Å²) in [5.74, 6) is 2.72. The SMILES string of the molecule is O=c1c2c(nc3nc(N4CCOCC4)[nH]n13)CSC2. The first-order valence-corrected chi connectivity index (χ1v) is 7.39. The van der Waals surface area contributed by atoms with Crippen LogP contribution in [0.5, 0.6) is 0 Å². The molecule has 0 saturated carbocycles. The molecule has 0 aromatic carbocycles. The first-order chi connectivity index (χ1) is 9.33. The molecule has 0 atom stereocenters. The average molecular weight is 279 g/mol. The molecule has 100 valence electrons. The minimum atomic E-state index is -0.0167. The fourth-order valence-electron chi connectivity index (χ4n) is 2.41. The zero-order chi connectivity index (χ0) is 12.8. The normalized spacial score (nSPS) is 19.1. The zero-order valence-corrected chi connectivity index (χ0v) is 11.1. The Labute approximate surface area is 113 Å². The molecule has 19 heavy (non-hydrogen) atoms. The molecule has 2 aromatic heterocycles. The van der Waals surface area contributed by atoms with Crippen molar-refractivity contribution < 1.29 is 4.74 Å². The lowest BCUT2D eigenvalue weighted by atomic mass is 10.3. The van der Waals surface area contributed by atoms with Crippen molar-refractivity contribution in [1.29, 1.82) is 0 Å². The van der Waals surface area contributed by atoms with Crippen LogP contribution in [0.1, 0.15) is 11.3 Å². The van der Waals surface area contributed by atoms with Gasteiger partial charge in [0.15, 0.2) is 0 Å². The van der Waals surface area contributed by atoms with Gasteiger partial charge in [-0.15, -0.1) is 0 Å². The molecule has 7 nitrogen and oxygen atoms in total. The maximum atomic E-state index is 12.3. The molecule has 1 saturated heterocycles. The van der Waals surface area contributed by atoms with Crippen LogP contribution in [0.25, 0.3) is 5.78 Å². The molecule has 0 unspecified atom stereocenters. The van der Waals surface area contributed by atoms with Crippen molar-refractivity contribution in [1.82, 2.24) is 19.6 Å². The lowest BCUT2D eigenvalue weighted by Gasteiger charge is -2.25. The molecular weight excluding hydrogens is 266 g/mol. The van der Waals surface area contributed by atoms with Gasteiger partial charge in [0, 0.05) is 24.6 Å². The molecule has 8 heteroatoms. The van der Waals surface area contributed by atoms with Crippen molar-refractivity contribution in [3.8, 4) is 0 Å².